The summed E-state index contributed by atoms with van der Waals surface area (Å²) >= 11 is 3.13. The SMILES string of the molecule is O=C1O/C(=C\Br)c2ccccc21.O=C1OCc2ccccc21. The molecule has 0 N–H and O–H groups in total. The van der Waals surface area contributed by atoms with Crippen molar-refractivity contribution in [1.29, 1.82) is 0 Å². The van der Waals surface area contributed by atoms with Crippen molar-refractivity contribution in [3.8, 4) is 0 Å². The first-order valence-electron chi connectivity index (χ1n) is 6.57. The highest BCUT2D eigenvalue weighted by Crippen LogP contribution is 2.29. The molecule has 2 aliphatic rings. The molecule has 0 fully saturated rings. The zero-order valence-electron chi connectivity index (χ0n) is 11.4. The van der Waals surface area contributed by atoms with Gasteiger partial charge in [-0.05, 0) is 12.1 Å². The van der Waals surface area contributed by atoms with Crippen molar-refractivity contribution in [3.63, 3.8) is 0 Å². The largest absolute Gasteiger partial charge is 0.457 e. The number of carbonyl (C=O) groups is 2. The van der Waals surface area contributed by atoms with Gasteiger partial charge in [0.25, 0.3) is 0 Å². The van der Waals surface area contributed by atoms with Crippen LogP contribution in [0.15, 0.2) is 53.5 Å². The number of benzene rings is 2. The molecule has 2 aromatic carbocycles. The molecule has 2 aliphatic heterocycles. The lowest BCUT2D eigenvalue weighted by molar-refractivity contribution is 0.0534. The van der Waals surface area contributed by atoms with Crippen LogP contribution in [0, 0.1) is 0 Å². The van der Waals surface area contributed by atoms with Gasteiger partial charge in [-0.15, -0.1) is 0 Å². The Bertz CT molecular complexity index is 780. The zero-order valence-corrected chi connectivity index (χ0v) is 13.0. The van der Waals surface area contributed by atoms with Crippen LogP contribution in [0.2, 0.25) is 0 Å². The number of hydrogen-bond acceptors (Lipinski definition) is 4. The van der Waals surface area contributed by atoms with Crippen LogP contribution in [0.25, 0.3) is 5.76 Å². The van der Waals surface area contributed by atoms with Gasteiger partial charge in [-0.25, -0.2) is 9.59 Å². The van der Waals surface area contributed by atoms with Crippen molar-refractivity contribution in [1.82, 2.24) is 0 Å². The topological polar surface area (TPSA) is 52.6 Å². The van der Waals surface area contributed by atoms with E-state index in [-0.39, 0.29) is 11.9 Å². The summed E-state index contributed by atoms with van der Waals surface area (Å²) in [6.07, 6.45) is 0. The maximum absolute atomic E-state index is 11.2. The van der Waals surface area contributed by atoms with E-state index in [0.29, 0.717) is 23.5 Å². The molecule has 22 heavy (non-hydrogen) atoms. The number of fused-ring (bicyclic) bond motifs is 2. The van der Waals surface area contributed by atoms with Gasteiger partial charge in [-0.3, -0.25) is 0 Å². The summed E-state index contributed by atoms with van der Waals surface area (Å²) in [5.74, 6) is 0.0995. The average Bonchev–Trinajstić information content (AvgIpc) is 3.10. The van der Waals surface area contributed by atoms with Crippen LogP contribution in [-0.2, 0) is 16.1 Å². The lowest BCUT2D eigenvalue weighted by Crippen LogP contribution is -1.91. The smallest absolute Gasteiger partial charge is 0.344 e. The first-order chi connectivity index (χ1) is 10.7. The van der Waals surface area contributed by atoms with Gasteiger partial charge in [0.05, 0.1) is 11.1 Å². The Balaban J connectivity index is 0.000000133. The summed E-state index contributed by atoms with van der Waals surface area (Å²) in [5.41, 5.74) is 3.18. The Morgan fingerprint density at radius 1 is 0.864 bits per heavy atom. The molecule has 0 amide bonds. The molecule has 5 heteroatoms. The Kier molecular flexibility index (Phi) is 4.06. The summed E-state index contributed by atoms with van der Waals surface area (Å²) in [6.45, 7) is 0.439. The van der Waals surface area contributed by atoms with Crippen molar-refractivity contribution in [2.75, 3.05) is 0 Å². The van der Waals surface area contributed by atoms with Crippen molar-refractivity contribution in [2.45, 2.75) is 6.61 Å². The van der Waals surface area contributed by atoms with E-state index in [2.05, 4.69) is 15.9 Å². The number of halogens is 1. The standard InChI is InChI=1S/C9H5BrO2.C8H6O2/c10-5-8-6-3-1-2-4-7(6)9(11)12-8;9-8-7-4-2-1-3-6(7)5-10-8/h1-5H;1-4H,5H2/b8-5-;. The Morgan fingerprint density at radius 2 is 1.50 bits per heavy atom. The van der Waals surface area contributed by atoms with E-state index in [1.54, 1.807) is 17.1 Å². The van der Waals surface area contributed by atoms with E-state index in [9.17, 15) is 9.59 Å². The predicted octanol–water partition coefficient (Wildman–Crippen LogP) is 3.91. The third kappa shape index (κ3) is 2.67. The average molecular weight is 359 g/mol. The molecule has 0 spiro atoms. The van der Waals surface area contributed by atoms with Crippen molar-refractivity contribution in [2.24, 2.45) is 0 Å². The normalized spacial score (nSPS) is 16.3. The highest BCUT2D eigenvalue weighted by molar-refractivity contribution is 9.11. The lowest BCUT2D eigenvalue weighted by atomic mass is 10.1. The quantitative estimate of drug-likeness (QED) is 0.670. The summed E-state index contributed by atoms with van der Waals surface area (Å²) in [7, 11) is 0. The highest BCUT2D eigenvalue weighted by Gasteiger charge is 2.24. The second-order valence-electron chi connectivity index (χ2n) is 4.64. The van der Waals surface area contributed by atoms with Crippen LogP contribution in [-0.4, -0.2) is 11.9 Å². The van der Waals surface area contributed by atoms with Gasteiger partial charge in [-0.1, -0.05) is 52.3 Å². The van der Waals surface area contributed by atoms with E-state index in [1.807, 2.05) is 36.4 Å². The third-order valence-electron chi connectivity index (χ3n) is 3.31. The highest BCUT2D eigenvalue weighted by atomic mass is 79.9. The van der Waals surface area contributed by atoms with E-state index >= 15 is 0 Å². The predicted molar refractivity (Wildman–Crippen MR) is 84.3 cm³/mol. The van der Waals surface area contributed by atoms with Gasteiger partial charge in [0.2, 0.25) is 0 Å². The fourth-order valence-electron chi connectivity index (χ4n) is 2.23. The summed E-state index contributed by atoms with van der Waals surface area (Å²) in [4.78, 5) is 23.6. The number of cyclic esters (lactones) is 2. The fourth-order valence-corrected chi connectivity index (χ4v) is 2.57. The summed E-state index contributed by atoms with van der Waals surface area (Å²) < 4.78 is 9.74. The van der Waals surface area contributed by atoms with Gasteiger partial charge < -0.3 is 9.47 Å². The molecule has 0 saturated heterocycles. The monoisotopic (exact) mass is 358 g/mol. The second kappa shape index (κ2) is 6.15. The molecule has 0 radical (unpaired) electrons. The van der Waals surface area contributed by atoms with Gasteiger partial charge in [-0.2, -0.15) is 0 Å². The first-order valence-corrected chi connectivity index (χ1v) is 7.49. The van der Waals surface area contributed by atoms with E-state index < -0.39 is 0 Å². The number of ether oxygens (including phenoxy) is 2. The van der Waals surface area contributed by atoms with E-state index in [1.165, 1.54) is 0 Å². The van der Waals surface area contributed by atoms with Crippen LogP contribution in [0.4, 0.5) is 0 Å². The number of carbonyl (C=O) groups excluding carboxylic acids is 2. The van der Waals surface area contributed by atoms with Crippen LogP contribution in [0.1, 0.15) is 31.8 Å². The van der Waals surface area contributed by atoms with Crippen molar-refractivity contribution < 1.29 is 19.1 Å². The number of esters is 2. The van der Waals surface area contributed by atoms with Crippen LogP contribution < -0.4 is 0 Å². The van der Waals surface area contributed by atoms with Crippen LogP contribution >= 0.6 is 15.9 Å². The molecular weight excluding hydrogens is 348 g/mol. The molecule has 4 rings (SSSR count). The number of hydrogen-bond donors (Lipinski definition) is 0. The summed E-state index contributed by atoms with van der Waals surface area (Å²) in [5, 5.41) is 0. The first kappa shape index (κ1) is 14.5. The maximum Gasteiger partial charge on any atom is 0.344 e. The molecule has 4 nitrogen and oxygen atoms in total. The molecule has 0 bridgehead atoms. The van der Waals surface area contributed by atoms with E-state index in [4.69, 9.17) is 9.47 Å². The van der Waals surface area contributed by atoms with Crippen LogP contribution in [0.3, 0.4) is 0 Å². The minimum atomic E-state index is -0.281. The molecule has 0 unspecified atom stereocenters. The molecule has 2 aromatic rings. The molecule has 110 valence electrons. The maximum atomic E-state index is 11.2. The minimum absolute atomic E-state index is 0.199. The molecular formula is C17H11BrO4. The molecule has 0 atom stereocenters. The zero-order chi connectivity index (χ0) is 15.5. The third-order valence-corrected chi connectivity index (χ3v) is 3.73. The van der Waals surface area contributed by atoms with Gasteiger partial charge in [0, 0.05) is 16.1 Å². The summed E-state index contributed by atoms with van der Waals surface area (Å²) in [6, 6.07) is 14.7. The Labute approximate surface area is 135 Å². The molecule has 0 aliphatic carbocycles. The molecule has 0 saturated carbocycles. The van der Waals surface area contributed by atoms with Gasteiger partial charge in [0.15, 0.2) is 0 Å². The fraction of sp³-hybridized carbons (Fsp3) is 0.0588. The molecule has 0 aromatic heterocycles. The minimum Gasteiger partial charge on any atom is -0.457 e. The Hall–Kier alpha value is -2.40. The van der Waals surface area contributed by atoms with Gasteiger partial charge >= 0.3 is 11.9 Å². The number of rotatable bonds is 0. The second-order valence-corrected chi connectivity index (χ2v) is 5.10. The molecule has 2 heterocycles. The lowest BCUT2D eigenvalue weighted by Gasteiger charge is -1.92. The van der Waals surface area contributed by atoms with E-state index in [0.717, 1.165) is 11.1 Å². The van der Waals surface area contributed by atoms with Crippen LogP contribution in [0.5, 0.6) is 0 Å². The van der Waals surface area contributed by atoms with Crippen molar-refractivity contribution in [3.05, 3.63) is 75.8 Å². The Morgan fingerprint density at radius 3 is 2.18 bits per heavy atom. The van der Waals surface area contributed by atoms with Gasteiger partial charge in [0.1, 0.15) is 12.4 Å². The van der Waals surface area contributed by atoms with Crippen molar-refractivity contribution >= 4 is 33.6 Å².